The van der Waals surface area contributed by atoms with E-state index in [4.69, 9.17) is 17.4 Å². The third-order valence-electron chi connectivity index (χ3n) is 7.57. The zero-order chi connectivity index (χ0) is 25.8. The first-order valence-corrected chi connectivity index (χ1v) is 13.2. The van der Waals surface area contributed by atoms with Gasteiger partial charge in [-0.15, -0.1) is 0 Å². The predicted molar refractivity (Wildman–Crippen MR) is 147 cm³/mol. The van der Waals surface area contributed by atoms with Crippen molar-refractivity contribution in [1.29, 1.82) is 0 Å². The average molecular weight is 626 g/mol. The zero-order valence-electron chi connectivity index (χ0n) is 23.5. The Morgan fingerprint density at radius 2 is 0.882 bits per heavy atom. The summed E-state index contributed by atoms with van der Waals surface area (Å²) in [6.07, 6.45) is 0. The third-order valence-corrected chi connectivity index (χ3v) is 9.57. The Kier molecular flexibility index (Phi) is 15.6. The summed E-state index contributed by atoms with van der Waals surface area (Å²) < 4.78 is 6.28. The van der Waals surface area contributed by atoms with Crippen LogP contribution in [0.25, 0.3) is 0 Å². The van der Waals surface area contributed by atoms with Gasteiger partial charge in [-0.25, -0.2) is 0 Å². The van der Waals surface area contributed by atoms with E-state index in [1.54, 1.807) is 7.11 Å². The van der Waals surface area contributed by atoms with Crippen LogP contribution in [-0.2, 0) is 34.3 Å². The van der Waals surface area contributed by atoms with E-state index in [9.17, 15) is 0 Å². The van der Waals surface area contributed by atoms with Crippen LogP contribution in [0.15, 0.2) is 17.0 Å². The average Bonchev–Trinajstić information content (AvgIpc) is 3.06. The summed E-state index contributed by atoms with van der Waals surface area (Å²) in [5.41, 5.74) is 1.23. The Morgan fingerprint density at radius 3 is 1.09 bits per heavy atom. The molecule has 2 aliphatic rings. The maximum absolute atomic E-state index is 5.35. The van der Waals surface area contributed by atoms with Crippen LogP contribution in [0.4, 0.5) is 0 Å². The monoisotopic (exact) mass is 628 g/mol. The molecular weight excluding hydrogens is 584 g/mol. The van der Waals surface area contributed by atoms with E-state index in [1.807, 2.05) is 28.4 Å². The Morgan fingerprint density at radius 1 is 0.618 bits per heavy atom. The summed E-state index contributed by atoms with van der Waals surface area (Å²) >= 11 is 7.28. The Hall–Kier alpha value is 0.744. The molecule has 0 unspecified atom stereocenters. The molecule has 0 saturated heterocycles. The van der Waals surface area contributed by atoms with Crippen molar-refractivity contribution in [3.05, 3.63) is 76.9 Å². The van der Waals surface area contributed by atoms with Crippen molar-refractivity contribution in [2.75, 3.05) is 7.11 Å². The van der Waals surface area contributed by atoms with Gasteiger partial charge in [-0.2, -0.15) is 0 Å². The van der Waals surface area contributed by atoms with Gasteiger partial charge in [0.2, 0.25) is 0 Å². The molecule has 2 fully saturated rings. The van der Waals surface area contributed by atoms with Crippen LogP contribution in [0.3, 0.4) is 0 Å². The van der Waals surface area contributed by atoms with E-state index in [1.165, 1.54) is 64.7 Å². The Balaban J connectivity index is 0.000000479. The molecule has 11 radical (unpaired) electrons. The standard InChI is InChI=1S/C10H13OSTe.2C10H15.Ti/c1-6(2)7-4-5-8(11-3)10(13)9(7)12;2*1-6-7(2)9(4)10(5)8(6)3;/h4-6,12H,1-3H3;2*1-5H3;/p-1. The van der Waals surface area contributed by atoms with Gasteiger partial charge < -0.3 is 0 Å². The fraction of sp³-hybridized carbons (Fsp3) is 0.467. The van der Waals surface area contributed by atoms with Crippen LogP contribution >= 0.6 is 0 Å². The van der Waals surface area contributed by atoms with Gasteiger partial charge in [-0.3, -0.25) is 0 Å². The van der Waals surface area contributed by atoms with Crippen molar-refractivity contribution >= 4 is 38.5 Å². The molecule has 0 N–H and O–H groups in total. The van der Waals surface area contributed by atoms with Crippen LogP contribution in [0.5, 0.6) is 5.75 Å². The molecule has 0 aliphatic heterocycles. The second-order valence-corrected chi connectivity index (χ2v) is 11.0. The third kappa shape index (κ3) is 8.12. The minimum absolute atomic E-state index is 0. The van der Waals surface area contributed by atoms with E-state index in [0.29, 0.717) is 5.92 Å². The topological polar surface area (TPSA) is 9.23 Å². The van der Waals surface area contributed by atoms with E-state index in [-0.39, 0.29) is 21.7 Å². The molecule has 2 aliphatic carbocycles. The van der Waals surface area contributed by atoms with Crippen molar-refractivity contribution in [3.8, 4) is 5.75 Å². The maximum atomic E-state index is 5.35. The summed E-state index contributed by atoms with van der Waals surface area (Å²) in [7, 11) is 1.67. The van der Waals surface area contributed by atoms with Crippen molar-refractivity contribution in [2.45, 2.75) is 93.9 Å². The van der Waals surface area contributed by atoms with Crippen LogP contribution < -0.4 is 8.35 Å². The zero-order valence-corrected chi connectivity index (χ0v) is 28.2. The Labute approximate surface area is 246 Å². The van der Waals surface area contributed by atoms with Crippen LogP contribution in [0, 0.1) is 59.2 Å². The number of hydrogen-bond acceptors (Lipinski definition) is 2. The largest absolute Gasteiger partial charge is 0.0579 e. The van der Waals surface area contributed by atoms with Crippen LogP contribution in [-0.4, -0.2) is 29.4 Å². The molecule has 34 heavy (non-hydrogen) atoms. The summed E-state index contributed by atoms with van der Waals surface area (Å²) in [5.74, 6) is 16.0. The predicted octanol–water partition coefficient (Wildman–Crippen LogP) is 7.46. The van der Waals surface area contributed by atoms with Gasteiger partial charge in [0.1, 0.15) is 0 Å². The first-order chi connectivity index (χ1) is 15.2. The maximum Gasteiger partial charge on any atom is 0 e. The van der Waals surface area contributed by atoms with Crippen molar-refractivity contribution in [2.24, 2.45) is 0 Å². The van der Waals surface area contributed by atoms with Gasteiger partial charge in [0.15, 0.2) is 0 Å². The SMILES string of the molecule is COc1ccc(C(C)C)c([S-])c1[Te].C[C]1[C](C)[C](C)[C](C)[C]1C.C[C]1[C](C)[C](C)[C](C)[C]1C.[Ti]. The molecule has 0 amide bonds. The first kappa shape index (κ1) is 34.7. The van der Waals surface area contributed by atoms with Gasteiger partial charge in [0, 0.05) is 21.7 Å². The smallest absolute Gasteiger partial charge is 0 e. The molecule has 0 atom stereocenters. The minimum Gasteiger partial charge on any atom is -0.0579 e. The molecule has 3 rings (SSSR count). The van der Waals surface area contributed by atoms with Gasteiger partial charge in [-0.05, 0) is 59.2 Å². The van der Waals surface area contributed by atoms with Gasteiger partial charge in [-0.1, -0.05) is 69.2 Å². The summed E-state index contributed by atoms with van der Waals surface area (Å²) in [5, 5.41) is 0. The van der Waals surface area contributed by atoms with Crippen molar-refractivity contribution in [3.63, 3.8) is 0 Å². The molecule has 185 valence electrons. The minimum atomic E-state index is 0. The van der Waals surface area contributed by atoms with E-state index >= 15 is 0 Å². The first-order valence-electron chi connectivity index (χ1n) is 11.6. The van der Waals surface area contributed by atoms with Gasteiger partial charge >= 0.3 is 98.5 Å². The quantitative estimate of drug-likeness (QED) is 0.249. The molecule has 1 nitrogen and oxygen atoms in total. The number of methoxy groups -OCH3 is 1. The fourth-order valence-electron chi connectivity index (χ4n) is 3.99. The fourth-order valence-corrected chi connectivity index (χ4v) is 5.16. The van der Waals surface area contributed by atoms with E-state index in [0.717, 1.165) is 14.3 Å². The molecular formula is C30H42OSTeTi-. The molecule has 2 saturated carbocycles. The second-order valence-electron chi connectivity index (χ2n) is 9.42. The van der Waals surface area contributed by atoms with Crippen LogP contribution in [0.2, 0.25) is 0 Å². The summed E-state index contributed by atoms with van der Waals surface area (Å²) in [6, 6.07) is 4.05. The molecule has 0 heterocycles. The molecule has 1 aromatic carbocycles. The van der Waals surface area contributed by atoms with Gasteiger partial charge in [0.05, 0.1) is 0 Å². The molecule has 0 aromatic heterocycles. The molecule has 0 bridgehead atoms. The summed E-state index contributed by atoms with van der Waals surface area (Å²) in [6.45, 7) is 26.3. The Bertz CT molecular complexity index is 619. The molecule has 0 spiro atoms. The van der Waals surface area contributed by atoms with Crippen molar-refractivity contribution in [1.82, 2.24) is 0 Å². The summed E-state index contributed by atoms with van der Waals surface area (Å²) in [4.78, 5) is 0.944. The number of hydrogen-bond donors (Lipinski definition) is 0. The number of ether oxygens (including phenoxy) is 1. The number of rotatable bonds is 2. The van der Waals surface area contributed by atoms with Gasteiger partial charge in [0.25, 0.3) is 0 Å². The van der Waals surface area contributed by atoms with Crippen molar-refractivity contribution < 1.29 is 26.5 Å². The van der Waals surface area contributed by atoms with Crippen LogP contribution in [0.1, 0.15) is 94.6 Å². The molecule has 1 aromatic rings. The van der Waals surface area contributed by atoms with E-state index < -0.39 is 0 Å². The second kappa shape index (κ2) is 15.2. The number of benzene rings is 1. The molecule has 4 heteroatoms. The van der Waals surface area contributed by atoms with E-state index in [2.05, 4.69) is 89.2 Å². The normalized spacial score (nSPS) is 20.8.